The van der Waals surface area contributed by atoms with Gasteiger partial charge >= 0.3 is 0 Å². The molecule has 0 aromatic heterocycles. The molecule has 1 atom stereocenters. The van der Waals surface area contributed by atoms with E-state index in [-0.39, 0.29) is 6.10 Å². The normalized spacial score (nSPS) is 13.0. The zero-order chi connectivity index (χ0) is 9.84. The van der Waals surface area contributed by atoms with Crippen LogP contribution in [-0.4, -0.2) is 6.10 Å². The molecule has 0 amide bonds. The van der Waals surface area contributed by atoms with E-state index in [1.165, 1.54) is 0 Å². The summed E-state index contributed by atoms with van der Waals surface area (Å²) >= 11 is 5.83. The van der Waals surface area contributed by atoms with Gasteiger partial charge in [0, 0.05) is 5.02 Å². The van der Waals surface area contributed by atoms with E-state index in [2.05, 4.69) is 20.8 Å². The van der Waals surface area contributed by atoms with E-state index in [0.717, 1.165) is 5.75 Å². The fraction of sp³-hybridized carbons (Fsp3) is 0.455. The van der Waals surface area contributed by atoms with Gasteiger partial charge in [-0.05, 0) is 31.0 Å². The third-order valence-electron chi connectivity index (χ3n) is 2.06. The van der Waals surface area contributed by atoms with Crippen molar-refractivity contribution >= 4 is 11.6 Å². The average Bonchev–Trinajstić information content (AvgIpc) is 2.04. The molecule has 0 radical (unpaired) electrons. The van der Waals surface area contributed by atoms with Crippen LogP contribution in [0.2, 0.25) is 5.02 Å². The first kappa shape index (κ1) is 10.4. The van der Waals surface area contributed by atoms with Gasteiger partial charge in [-0.3, -0.25) is 0 Å². The van der Waals surface area contributed by atoms with E-state index in [1.807, 2.05) is 24.3 Å². The first-order valence-corrected chi connectivity index (χ1v) is 4.89. The van der Waals surface area contributed by atoms with Crippen molar-refractivity contribution in [2.24, 2.45) is 5.92 Å². The highest BCUT2D eigenvalue weighted by Crippen LogP contribution is 2.19. The largest absolute Gasteiger partial charge is 0.490 e. The number of halogens is 1. The molecule has 1 aromatic rings. The summed E-state index contributed by atoms with van der Waals surface area (Å²) in [7, 11) is 0. The smallest absolute Gasteiger partial charge is 0.121 e. The van der Waals surface area contributed by atoms with E-state index < -0.39 is 0 Å². The molecule has 0 saturated heterocycles. The Bertz CT molecular complexity index is 271. The maximum atomic E-state index is 5.83. The Hall–Kier alpha value is -0.690. The summed E-state index contributed by atoms with van der Waals surface area (Å²) in [5.74, 6) is 1.35. The lowest BCUT2D eigenvalue weighted by Gasteiger charge is -2.17. The number of ether oxygens (including phenoxy) is 1. The average molecular weight is 199 g/mol. The molecule has 1 rings (SSSR count). The van der Waals surface area contributed by atoms with Gasteiger partial charge in [0.2, 0.25) is 0 Å². The third-order valence-corrected chi connectivity index (χ3v) is 2.29. The van der Waals surface area contributed by atoms with Crippen molar-refractivity contribution in [1.29, 1.82) is 0 Å². The SMILES string of the molecule is CC(C)C(C)Oc1cccc(Cl)c1. The van der Waals surface area contributed by atoms with Crippen molar-refractivity contribution in [2.45, 2.75) is 26.9 Å². The first-order chi connectivity index (χ1) is 6.09. The van der Waals surface area contributed by atoms with Gasteiger partial charge in [-0.2, -0.15) is 0 Å². The standard InChI is InChI=1S/C11H15ClO/c1-8(2)9(3)13-11-6-4-5-10(12)7-11/h4-9H,1-3H3. The minimum atomic E-state index is 0.221. The van der Waals surface area contributed by atoms with E-state index in [0.29, 0.717) is 10.9 Å². The lowest BCUT2D eigenvalue weighted by molar-refractivity contribution is 0.170. The molecule has 1 nitrogen and oxygen atoms in total. The quantitative estimate of drug-likeness (QED) is 0.719. The molecule has 0 aliphatic rings. The highest BCUT2D eigenvalue weighted by atomic mass is 35.5. The number of rotatable bonds is 3. The molecule has 0 bridgehead atoms. The van der Waals surface area contributed by atoms with Crippen LogP contribution in [0.25, 0.3) is 0 Å². The van der Waals surface area contributed by atoms with Crippen LogP contribution in [-0.2, 0) is 0 Å². The van der Waals surface area contributed by atoms with Crippen LogP contribution in [0, 0.1) is 5.92 Å². The molecule has 0 aliphatic carbocycles. The van der Waals surface area contributed by atoms with Gasteiger partial charge in [-0.15, -0.1) is 0 Å². The Balaban J connectivity index is 2.64. The van der Waals surface area contributed by atoms with Gasteiger partial charge in [0.25, 0.3) is 0 Å². The molecule has 0 saturated carbocycles. The third kappa shape index (κ3) is 3.27. The number of benzene rings is 1. The van der Waals surface area contributed by atoms with Gasteiger partial charge in [0.05, 0.1) is 6.10 Å². The summed E-state index contributed by atoms with van der Waals surface area (Å²) < 4.78 is 5.67. The fourth-order valence-electron chi connectivity index (χ4n) is 0.891. The van der Waals surface area contributed by atoms with Crippen molar-refractivity contribution in [2.75, 3.05) is 0 Å². The Kier molecular flexibility index (Phi) is 3.61. The van der Waals surface area contributed by atoms with Gasteiger partial charge in [0.15, 0.2) is 0 Å². The second kappa shape index (κ2) is 4.52. The van der Waals surface area contributed by atoms with Crippen molar-refractivity contribution in [1.82, 2.24) is 0 Å². The summed E-state index contributed by atoms with van der Waals surface area (Å²) in [5.41, 5.74) is 0. The van der Waals surface area contributed by atoms with Crippen LogP contribution in [0.1, 0.15) is 20.8 Å². The number of hydrogen-bond donors (Lipinski definition) is 0. The summed E-state index contributed by atoms with van der Waals surface area (Å²) in [5, 5.41) is 0.716. The van der Waals surface area contributed by atoms with Gasteiger partial charge in [-0.25, -0.2) is 0 Å². The Morgan fingerprint density at radius 2 is 1.92 bits per heavy atom. The minimum absolute atomic E-state index is 0.221. The molecule has 2 heteroatoms. The topological polar surface area (TPSA) is 9.23 Å². The molecule has 72 valence electrons. The van der Waals surface area contributed by atoms with Gasteiger partial charge < -0.3 is 4.74 Å². The number of hydrogen-bond acceptors (Lipinski definition) is 1. The van der Waals surface area contributed by atoms with Crippen molar-refractivity contribution in [3.05, 3.63) is 29.3 Å². The lowest BCUT2D eigenvalue weighted by Crippen LogP contribution is -2.18. The van der Waals surface area contributed by atoms with E-state index in [9.17, 15) is 0 Å². The van der Waals surface area contributed by atoms with Crippen LogP contribution in [0.3, 0.4) is 0 Å². The molecule has 0 N–H and O–H groups in total. The van der Waals surface area contributed by atoms with Crippen molar-refractivity contribution < 1.29 is 4.74 Å². The lowest BCUT2D eigenvalue weighted by atomic mass is 10.1. The maximum Gasteiger partial charge on any atom is 0.121 e. The zero-order valence-corrected chi connectivity index (χ0v) is 9.01. The van der Waals surface area contributed by atoms with Crippen molar-refractivity contribution in [3.8, 4) is 5.75 Å². The van der Waals surface area contributed by atoms with Gasteiger partial charge in [-0.1, -0.05) is 31.5 Å². The van der Waals surface area contributed by atoms with E-state index in [4.69, 9.17) is 16.3 Å². The fourth-order valence-corrected chi connectivity index (χ4v) is 1.07. The first-order valence-electron chi connectivity index (χ1n) is 4.52. The van der Waals surface area contributed by atoms with Crippen LogP contribution >= 0.6 is 11.6 Å². The summed E-state index contributed by atoms with van der Waals surface area (Å²) in [4.78, 5) is 0. The summed E-state index contributed by atoms with van der Waals surface area (Å²) in [6, 6.07) is 7.49. The van der Waals surface area contributed by atoms with E-state index in [1.54, 1.807) is 0 Å². The Morgan fingerprint density at radius 1 is 1.23 bits per heavy atom. The second-order valence-corrected chi connectivity index (χ2v) is 3.96. The molecule has 1 unspecified atom stereocenters. The molecule has 0 fully saturated rings. The molecular formula is C11H15ClO. The zero-order valence-electron chi connectivity index (χ0n) is 8.25. The highest BCUT2D eigenvalue weighted by molar-refractivity contribution is 6.30. The maximum absolute atomic E-state index is 5.83. The molecule has 0 spiro atoms. The molecule has 0 aliphatic heterocycles. The molecule has 1 aromatic carbocycles. The summed E-state index contributed by atoms with van der Waals surface area (Å²) in [6.07, 6.45) is 0.221. The Morgan fingerprint density at radius 3 is 2.46 bits per heavy atom. The van der Waals surface area contributed by atoms with Crippen molar-refractivity contribution in [3.63, 3.8) is 0 Å². The van der Waals surface area contributed by atoms with E-state index >= 15 is 0 Å². The predicted molar refractivity (Wildman–Crippen MR) is 56.4 cm³/mol. The predicted octanol–water partition coefficient (Wildman–Crippen LogP) is 3.76. The van der Waals surface area contributed by atoms with Crippen LogP contribution in [0.15, 0.2) is 24.3 Å². The minimum Gasteiger partial charge on any atom is -0.490 e. The molecule has 13 heavy (non-hydrogen) atoms. The Labute approximate surface area is 84.7 Å². The van der Waals surface area contributed by atoms with Crippen LogP contribution in [0.5, 0.6) is 5.75 Å². The second-order valence-electron chi connectivity index (χ2n) is 3.52. The van der Waals surface area contributed by atoms with Crippen LogP contribution in [0.4, 0.5) is 0 Å². The molecule has 0 heterocycles. The monoisotopic (exact) mass is 198 g/mol. The molecular weight excluding hydrogens is 184 g/mol. The highest BCUT2D eigenvalue weighted by Gasteiger charge is 2.08. The van der Waals surface area contributed by atoms with Crippen LogP contribution < -0.4 is 4.74 Å². The van der Waals surface area contributed by atoms with Gasteiger partial charge in [0.1, 0.15) is 5.75 Å². The summed E-state index contributed by atoms with van der Waals surface area (Å²) in [6.45, 7) is 6.33.